The van der Waals surface area contributed by atoms with Crippen LogP contribution in [-0.4, -0.2) is 9.13 Å². The normalized spacial score (nSPS) is 11.0. The first-order valence-electron chi connectivity index (χ1n) is 20.1. The van der Waals surface area contributed by atoms with E-state index in [9.17, 15) is 5.26 Å². The summed E-state index contributed by atoms with van der Waals surface area (Å²) < 4.78 is 5.75. The molecule has 0 saturated heterocycles. The Bertz CT molecular complexity index is 3550. The van der Waals surface area contributed by atoms with E-state index in [1.54, 1.807) is 0 Å². The lowest BCUT2D eigenvalue weighted by atomic mass is 10.0. The molecule has 0 amide bonds. The van der Waals surface area contributed by atoms with Crippen molar-refractivity contribution < 1.29 is 7.13 Å². The fraction of sp³-hybridized carbons (Fsp3) is 0. The summed E-state index contributed by atoms with van der Waals surface area (Å²) in [6, 6.07) is 78.0. The van der Waals surface area contributed by atoms with E-state index in [0.29, 0.717) is 11.1 Å². The molecule has 61 heavy (non-hydrogen) atoms. The van der Waals surface area contributed by atoms with Crippen molar-refractivity contribution in [1.82, 2.24) is 9.13 Å². The predicted molar refractivity (Wildman–Crippen MR) is 266 cm³/mol. The fourth-order valence-corrected chi connectivity index (χ4v) is 8.87. The first-order valence-corrected chi connectivity index (χ1v) is 20.8. The minimum absolute atomic E-state index is 0. The summed E-state index contributed by atoms with van der Waals surface area (Å²) in [6.45, 7) is 0. The second-order valence-electron chi connectivity index (χ2n) is 15.0. The maximum absolute atomic E-state index is 9.45. The number of aromatic nitrogens is 2. The Kier molecular flexibility index (Phi) is 9.79. The van der Waals surface area contributed by atoms with Gasteiger partial charge in [0.1, 0.15) is 0 Å². The van der Waals surface area contributed by atoms with Crippen LogP contribution in [0.3, 0.4) is 0 Å². The van der Waals surface area contributed by atoms with Gasteiger partial charge in [0.15, 0.2) is 0 Å². The number of fused-ring (bicyclic) bond motifs is 6. The molecule has 0 fully saturated rings. The summed E-state index contributed by atoms with van der Waals surface area (Å²) in [5, 5.41) is 23.2. The molecule has 0 radical (unpaired) electrons. The van der Waals surface area contributed by atoms with Crippen molar-refractivity contribution in [2.24, 2.45) is 0 Å². The highest BCUT2D eigenvalue weighted by molar-refractivity contribution is 9.10. The molecule has 0 aliphatic rings. The summed E-state index contributed by atoms with van der Waals surface area (Å²) in [6.07, 6.45) is 0. The van der Waals surface area contributed by atoms with Gasteiger partial charge in [-0.25, -0.2) is 0 Å². The van der Waals surface area contributed by atoms with E-state index >= 15 is 0 Å². The number of nitrogens with zero attached hydrogens (tertiary/aromatic N) is 4. The highest BCUT2D eigenvalue weighted by atomic mass is 79.9. The van der Waals surface area contributed by atoms with Gasteiger partial charge in [-0.3, -0.25) is 0 Å². The van der Waals surface area contributed by atoms with Crippen molar-refractivity contribution in [2.75, 3.05) is 0 Å². The fourth-order valence-electron chi connectivity index (χ4n) is 8.47. The zero-order chi connectivity index (χ0) is 41.3. The van der Waals surface area contributed by atoms with Crippen LogP contribution in [0, 0.1) is 22.7 Å². The summed E-state index contributed by atoms with van der Waals surface area (Å²) >= 11 is 3.43. The number of rotatable bonds is 5. The van der Waals surface area contributed by atoms with Crippen molar-refractivity contribution in [3.8, 4) is 56.9 Å². The molecule has 4 nitrogen and oxygen atoms in total. The third kappa shape index (κ3) is 7.04. The quantitative estimate of drug-likeness (QED) is 0.173. The molecule has 0 aliphatic heterocycles. The van der Waals surface area contributed by atoms with Crippen LogP contribution in [0.4, 0.5) is 0 Å². The lowest BCUT2D eigenvalue weighted by molar-refractivity contribution is 1.18. The molecule has 2 heterocycles. The number of hydrogen-bond donors (Lipinski definition) is 0. The van der Waals surface area contributed by atoms with Crippen LogP contribution in [0.5, 0.6) is 0 Å². The highest BCUT2D eigenvalue weighted by Gasteiger charge is 2.16. The second-order valence-corrected chi connectivity index (χ2v) is 15.9. The van der Waals surface area contributed by atoms with E-state index in [0.717, 1.165) is 43.6 Å². The summed E-state index contributed by atoms with van der Waals surface area (Å²) in [4.78, 5) is 0. The smallest absolute Gasteiger partial charge is 0.0991 e. The number of hydrogen-bond acceptors (Lipinski definition) is 2. The van der Waals surface area contributed by atoms with Gasteiger partial charge in [0.2, 0.25) is 0 Å². The van der Waals surface area contributed by atoms with Crippen LogP contribution in [-0.2, 0) is 0 Å². The van der Waals surface area contributed by atoms with Gasteiger partial charge >= 0.3 is 0 Å². The van der Waals surface area contributed by atoms with Crippen LogP contribution in [0.2, 0.25) is 0 Å². The number of halogens is 1. The number of benzene rings is 9. The van der Waals surface area contributed by atoms with Crippen molar-refractivity contribution in [3.05, 3.63) is 228 Å². The van der Waals surface area contributed by atoms with Crippen LogP contribution in [0.1, 0.15) is 18.3 Å². The lowest BCUT2D eigenvalue weighted by Crippen LogP contribution is -1.94. The van der Waals surface area contributed by atoms with Crippen molar-refractivity contribution in [2.45, 2.75) is 0 Å². The van der Waals surface area contributed by atoms with Crippen LogP contribution in [0.25, 0.3) is 88.4 Å². The van der Waals surface area contributed by atoms with E-state index in [4.69, 9.17) is 5.26 Å². The van der Waals surface area contributed by atoms with E-state index in [2.05, 4.69) is 183 Å². The molecule has 9 aromatic carbocycles. The second kappa shape index (κ2) is 16.0. The molecule has 0 N–H and O–H groups in total. The third-order valence-electron chi connectivity index (χ3n) is 11.3. The maximum atomic E-state index is 9.45. The molecular formula is C56H45BrN4. The molecule has 0 atom stereocenters. The largest absolute Gasteiger partial charge is 0.309 e. The Morgan fingerprint density at radius 3 is 1.28 bits per heavy atom. The van der Waals surface area contributed by atoms with Crippen molar-refractivity contribution >= 4 is 59.5 Å². The Morgan fingerprint density at radius 1 is 0.328 bits per heavy atom. The third-order valence-corrected chi connectivity index (χ3v) is 11.8. The molecule has 296 valence electrons. The van der Waals surface area contributed by atoms with Crippen LogP contribution >= 0.6 is 15.9 Å². The zero-order valence-corrected chi connectivity index (χ0v) is 34.5. The van der Waals surface area contributed by atoms with E-state index in [1.807, 2.05) is 66.7 Å². The van der Waals surface area contributed by atoms with Crippen LogP contribution < -0.4 is 0 Å². The summed E-state index contributed by atoms with van der Waals surface area (Å²) in [7, 11) is 0. The summed E-state index contributed by atoms with van der Waals surface area (Å²) in [5.74, 6) is 0. The number of nitriles is 2. The molecule has 11 rings (SSSR count). The van der Waals surface area contributed by atoms with Gasteiger partial charge in [0.05, 0.1) is 45.3 Å². The molecule has 11 aromatic rings. The molecule has 5 heteroatoms. The number of para-hydroxylation sites is 3. The first-order chi connectivity index (χ1) is 30.1. The lowest BCUT2D eigenvalue weighted by Gasteiger charge is -2.11. The molecule has 0 aliphatic carbocycles. The predicted octanol–water partition coefficient (Wildman–Crippen LogP) is 16.3. The average Bonchev–Trinajstić information content (AvgIpc) is 3.84. The average molecular weight is 854 g/mol. The van der Waals surface area contributed by atoms with Gasteiger partial charge in [-0.05, 0) is 130 Å². The van der Waals surface area contributed by atoms with E-state index in [-0.39, 0.29) is 7.13 Å². The standard InChI is InChI=1S/C43H27N3.C13H8BrN.5H2/c44-28-29-10-8-11-30(24-29)31-12-9-15-35(25-31)46-41-19-7-5-17-37(41)39-27-33(21-23-43(39)46)32-20-22-42-38(26-32)36-16-4-6-18-40(36)45(42)34-13-2-1-3-14-34;14-13-6-2-5-12(8-13)11-4-1-3-10(7-11)9-15;;;;;/h1-27H;1-8H;5*1H. The summed E-state index contributed by atoms with van der Waals surface area (Å²) in [5.41, 5.74) is 15.0. The van der Waals surface area contributed by atoms with Gasteiger partial charge in [-0.1, -0.05) is 131 Å². The van der Waals surface area contributed by atoms with Gasteiger partial charge < -0.3 is 9.13 Å². The maximum Gasteiger partial charge on any atom is 0.0991 e. The Labute approximate surface area is 369 Å². The van der Waals surface area contributed by atoms with Crippen molar-refractivity contribution in [1.29, 1.82) is 10.5 Å². The topological polar surface area (TPSA) is 57.4 Å². The molecule has 0 unspecified atom stereocenters. The molecule has 2 aromatic heterocycles. The highest BCUT2D eigenvalue weighted by Crippen LogP contribution is 2.39. The van der Waals surface area contributed by atoms with Gasteiger partial charge in [-0.2, -0.15) is 10.5 Å². The van der Waals surface area contributed by atoms with Gasteiger partial charge in [0, 0.05) is 44.5 Å². The Morgan fingerprint density at radius 2 is 0.738 bits per heavy atom. The molecular weight excluding hydrogens is 809 g/mol. The van der Waals surface area contributed by atoms with Gasteiger partial charge in [-0.15, -0.1) is 0 Å². The molecule has 0 spiro atoms. The Hall–Kier alpha value is -7.96. The minimum atomic E-state index is 0. The zero-order valence-electron chi connectivity index (χ0n) is 32.9. The van der Waals surface area contributed by atoms with Gasteiger partial charge in [0.25, 0.3) is 0 Å². The van der Waals surface area contributed by atoms with Crippen LogP contribution in [0.15, 0.2) is 217 Å². The van der Waals surface area contributed by atoms with E-state index < -0.39 is 0 Å². The minimum Gasteiger partial charge on any atom is -0.309 e. The SMILES string of the molecule is N#Cc1cccc(-c2cccc(-n3c4ccccc4c4cc(-c5ccc6c(c5)c5ccccc5n6-c5ccccc5)ccc43)c2)c1.N#Cc1cccc(-c2cccc(Br)c2)c1.[HH].[HH].[HH].[HH].[HH]. The van der Waals surface area contributed by atoms with E-state index in [1.165, 1.54) is 49.2 Å². The Balaban J connectivity index is 0.000000352. The molecule has 0 bridgehead atoms. The first kappa shape index (κ1) is 37.3. The molecule has 0 saturated carbocycles. The monoisotopic (exact) mass is 852 g/mol. The van der Waals surface area contributed by atoms with Crippen molar-refractivity contribution in [3.63, 3.8) is 0 Å².